The Labute approximate surface area is 125 Å². The Morgan fingerprint density at radius 3 is 2.43 bits per heavy atom. The van der Waals surface area contributed by atoms with Crippen LogP contribution in [0.15, 0.2) is 12.2 Å². The zero-order valence-corrected chi connectivity index (χ0v) is 12.7. The molecule has 4 heteroatoms. The monoisotopic (exact) mass is 300 g/mol. The molecular formula is C17H26F2O2. The van der Waals surface area contributed by atoms with Crippen molar-refractivity contribution in [3.63, 3.8) is 0 Å². The minimum absolute atomic E-state index is 0.340. The van der Waals surface area contributed by atoms with Crippen molar-refractivity contribution in [2.75, 3.05) is 6.61 Å². The Kier molecular flexibility index (Phi) is 6.81. The van der Waals surface area contributed by atoms with Gasteiger partial charge in [-0.15, -0.1) is 0 Å². The third kappa shape index (κ3) is 6.25. The van der Waals surface area contributed by atoms with Crippen LogP contribution in [-0.2, 0) is 9.53 Å². The van der Waals surface area contributed by atoms with Gasteiger partial charge in [-0.05, 0) is 69.3 Å². The van der Waals surface area contributed by atoms with E-state index in [9.17, 15) is 13.6 Å². The average molecular weight is 300 g/mol. The van der Waals surface area contributed by atoms with Gasteiger partial charge in [-0.25, -0.2) is 0 Å². The van der Waals surface area contributed by atoms with Crippen LogP contribution in [-0.4, -0.2) is 18.5 Å². The van der Waals surface area contributed by atoms with Crippen LogP contribution >= 0.6 is 0 Å². The molecule has 2 fully saturated rings. The zero-order chi connectivity index (χ0) is 15.1. The maximum atomic E-state index is 12.0. The molecule has 1 aliphatic carbocycles. The molecule has 2 nitrogen and oxygen atoms in total. The van der Waals surface area contributed by atoms with Crippen molar-refractivity contribution in [2.24, 2.45) is 11.8 Å². The molecule has 0 N–H and O–H groups in total. The van der Waals surface area contributed by atoms with Gasteiger partial charge in [0, 0.05) is 19.4 Å². The molecule has 2 rings (SSSR count). The number of ketones is 1. The zero-order valence-electron chi connectivity index (χ0n) is 12.7. The Bertz CT molecular complexity index is 346. The van der Waals surface area contributed by atoms with Gasteiger partial charge in [0.1, 0.15) is 5.78 Å². The maximum absolute atomic E-state index is 12.0. The van der Waals surface area contributed by atoms with Crippen LogP contribution in [0.2, 0.25) is 0 Å². The standard InChI is InChI=1S/C17H26F2O2/c18-17(19)3-1-2-14-7-11-16(21-12-14)10-6-13-4-8-15(20)9-5-13/h3,13-14,16H,1-2,4-12H2. The quantitative estimate of drug-likeness (QED) is 0.698. The Balaban J connectivity index is 1.56. The summed E-state index contributed by atoms with van der Waals surface area (Å²) in [6, 6.07) is 0. The number of carbonyl (C=O) groups is 1. The molecule has 2 aliphatic rings. The number of halogens is 2. The second kappa shape index (κ2) is 8.62. The lowest BCUT2D eigenvalue weighted by molar-refractivity contribution is -0.121. The van der Waals surface area contributed by atoms with Gasteiger partial charge in [-0.3, -0.25) is 4.79 Å². The van der Waals surface area contributed by atoms with Crippen molar-refractivity contribution in [1.29, 1.82) is 0 Å². The highest BCUT2D eigenvalue weighted by Gasteiger charge is 2.24. The van der Waals surface area contributed by atoms with Crippen LogP contribution in [0.4, 0.5) is 8.78 Å². The van der Waals surface area contributed by atoms with Gasteiger partial charge in [-0.2, -0.15) is 8.78 Å². The molecular weight excluding hydrogens is 274 g/mol. The average Bonchev–Trinajstić information content (AvgIpc) is 2.48. The summed E-state index contributed by atoms with van der Waals surface area (Å²) in [7, 11) is 0. The molecule has 0 aromatic rings. The van der Waals surface area contributed by atoms with E-state index in [-0.39, 0.29) is 0 Å². The third-order valence-corrected chi connectivity index (χ3v) is 4.90. The van der Waals surface area contributed by atoms with Crippen LogP contribution < -0.4 is 0 Å². The van der Waals surface area contributed by atoms with Crippen molar-refractivity contribution in [2.45, 2.75) is 70.3 Å². The van der Waals surface area contributed by atoms with Crippen LogP contribution in [0, 0.1) is 11.8 Å². The van der Waals surface area contributed by atoms with Gasteiger partial charge in [0.2, 0.25) is 0 Å². The molecule has 0 bridgehead atoms. The number of hydrogen-bond donors (Lipinski definition) is 0. The number of allylic oxidation sites excluding steroid dienone is 1. The highest BCUT2D eigenvalue weighted by Crippen LogP contribution is 2.30. The predicted octanol–water partition coefficient (Wildman–Crippen LogP) is 4.88. The Hall–Kier alpha value is -0.770. The first-order valence-electron chi connectivity index (χ1n) is 8.28. The van der Waals surface area contributed by atoms with Crippen molar-refractivity contribution in [1.82, 2.24) is 0 Å². The van der Waals surface area contributed by atoms with Crippen molar-refractivity contribution >= 4 is 5.78 Å². The fourth-order valence-corrected chi connectivity index (χ4v) is 3.45. The fourth-order valence-electron chi connectivity index (χ4n) is 3.45. The van der Waals surface area contributed by atoms with E-state index in [1.54, 1.807) is 0 Å². The highest BCUT2D eigenvalue weighted by molar-refractivity contribution is 5.78. The third-order valence-electron chi connectivity index (χ3n) is 4.90. The SMILES string of the molecule is O=C1CCC(CCC2CCC(CCC=C(F)F)CO2)CC1. The van der Waals surface area contributed by atoms with Crippen molar-refractivity contribution in [3.05, 3.63) is 12.2 Å². The minimum atomic E-state index is -1.57. The number of hydrogen-bond acceptors (Lipinski definition) is 2. The van der Waals surface area contributed by atoms with E-state index >= 15 is 0 Å². The number of Topliss-reactive ketones (excluding diaryl/α,β-unsaturated/α-hetero) is 1. The summed E-state index contributed by atoms with van der Waals surface area (Å²) in [6.45, 7) is 0.718. The van der Waals surface area contributed by atoms with Crippen molar-refractivity contribution in [3.8, 4) is 0 Å². The van der Waals surface area contributed by atoms with Gasteiger partial charge in [0.05, 0.1) is 6.10 Å². The Morgan fingerprint density at radius 1 is 1.05 bits per heavy atom. The summed E-state index contributed by atoms with van der Waals surface area (Å²) in [5.41, 5.74) is 0. The normalized spacial score (nSPS) is 27.6. The molecule has 0 spiro atoms. The first-order chi connectivity index (χ1) is 10.1. The highest BCUT2D eigenvalue weighted by atomic mass is 19.3. The first-order valence-corrected chi connectivity index (χ1v) is 8.28. The maximum Gasteiger partial charge on any atom is 0.266 e. The van der Waals surface area contributed by atoms with E-state index in [4.69, 9.17) is 4.74 Å². The second-order valence-corrected chi connectivity index (χ2v) is 6.53. The number of rotatable bonds is 6. The molecule has 0 amide bonds. The van der Waals surface area contributed by atoms with Gasteiger partial charge >= 0.3 is 0 Å². The smallest absolute Gasteiger partial charge is 0.266 e. The fraction of sp³-hybridized carbons (Fsp3) is 0.824. The predicted molar refractivity (Wildman–Crippen MR) is 78.2 cm³/mol. The lowest BCUT2D eigenvalue weighted by Gasteiger charge is -2.30. The summed E-state index contributed by atoms with van der Waals surface area (Å²) in [5, 5.41) is 0. The first kappa shape index (κ1) is 16.6. The van der Waals surface area contributed by atoms with E-state index in [2.05, 4.69) is 0 Å². The van der Waals surface area contributed by atoms with E-state index < -0.39 is 6.08 Å². The van der Waals surface area contributed by atoms with Crippen molar-refractivity contribution < 1.29 is 18.3 Å². The van der Waals surface area contributed by atoms with Crippen LogP contribution in [0.3, 0.4) is 0 Å². The van der Waals surface area contributed by atoms with E-state index in [0.29, 0.717) is 30.1 Å². The molecule has 1 heterocycles. The van der Waals surface area contributed by atoms with E-state index in [1.807, 2.05) is 0 Å². The molecule has 2 unspecified atom stereocenters. The number of ether oxygens (including phenoxy) is 1. The lowest BCUT2D eigenvalue weighted by atomic mass is 9.84. The van der Waals surface area contributed by atoms with Crippen LogP contribution in [0.25, 0.3) is 0 Å². The molecule has 0 aromatic carbocycles. The summed E-state index contributed by atoms with van der Waals surface area (Å²) in [5.74, 6) is 1.55. The summed E-state index contributed by atoms with van der Waals surface area (Å²) in [4.78, 5) is 11.2. The summed E-state index contributed by atoms with van der Waals surface area (Å²) in [6.07, 6.45) is 9.06. The molecule has 1 saturated heterocycles. The van der Waals surface area contributed by atoms with Crippen LogP contribution in [0.1, 0.15) is 64.2 Å². The molecule has 0 radical (unpaired) electrons. The largest absolute Gasteiger partial charge is 0.378 e. The molecule has 1 aliphatic heterocycles. The van der Waals surface area contributed by atoms with E-state index in [1.165, 1.54) is 6.42 Å². The minimum Gasteiger partial charge on any atom is -0.378 e. The molecule has 2 atom stereocenters. The van der Waals surface area contributed by atoms with E-state index in [0.717, 1.165) is 64.0 Å². The number of carbonyl (C=O) groups excluding carboxylic acids is 1. The summed E-state index contributed by atoms with van der Waals surface area (Å²) < 4.78 is 29.8. The summed E-state index contributed by atoms with van der Waals surface area (Å²) >= 11 is 0. The Morgan fingerprint density at radius 2 is 1.81 bits per heavy atom. The van der Waals surface area contributed by atoms with Crippen LogP contribution in [0.5, 0.6) is 0 Å². The molecule has 120 valence electrons. The molecule has 0 aromatic heterocycles. The topological polar surface area (TPSA) is 26.3 Å². The molecule has 21 heavy (non-hydrogen) atoms. The van der Waals surface area contributed by atoms with Gasteiger partial charge in [-0.1, -0.05) is 0 Å². The van der Waals surface area contributed by atoms with Gasteiger partial charge in [0.25, 0.3) is 6.08 Å². The van der Waals surface area contributed by atoms with Gasteiger partial charge < -0.3 is 4.74 Å². The second-order valence-electron chi connectivity index (χ2n) is 6.53. The van der Waals surface area contributed by atoms with Gasteiger partial charge in [0.15, 0.2) is 0 Å². The molecule has 1 saturated carbocycles. The lowest BCUT2D eigenvalue weighted by Crippen LogP contribution is -2.26.